The Morgan fingerprint density at radius 3 is 2.42 bits per heavy atom. The van der Waals surface area contributed by atoms with Crippen LogP contribution in [0.1, 0.15) is 159 Å². The molecule has 2 aliphatic heterocycles. The van der Waals surface area contributed by atoms with Gasteiger partial charge in [0, 0.05) is 29.5 Å². The molecule has 4 amide bonds. The molecule has 10 atom stereocenters. The van der Waals surface area contributed by atoms with Crippen molar-refractivity contribution in [3.63, 3.8) is 0 Å². The first-order chi connectivity index (χ1) is 25.4. The van der Waals surface area contributed by atoms with Crippen LogP contribution < -0.4 is 21.7 Å². The predicted molar refractivity (Wildman–Crippen MR) is 223 cm³/mol. The number of hydrogen-bond donors (Lipinski definition) is 4. The van der Waals surface area contributed by atoms with E-state index < -0.39 is 29.1 Å². The van der Waals surface area contributed by atoms with E-state index in [9.17, 15) is 19.2 Å². The lowest BCUT2D eigenvalue weighted by Gasteiger charge is -2.60. The van der Waals surface area contributed by atoms with Crippen LogP contribution in [-0.4, -0.2) is 57.4 Å². The summed E-state index contributed by atoms with van der Waals surface area (Å²) in [5.41, 5.74) is 7.01. The van der Waals surface area contributed by atoms with Gasteiger partial charge < -0.3 is 21.7 Å². The Hall–Kier alpha value is -2.51. The van der Waals surface area contributed by atoms with Crippen LogP contribution in [-0.2, 0) is 19.2 Å². The number of carbonyl (C=O) groups excluding carboxylic acids is 4. The second-order valence-corrected chi connectivity index (χ2v) is 21.1. The highest BCUT2D eigenvalue weighted by molar-refractivity contribution is 8.00. The van der Waals surface area contributed by atoms with Crippen molar-refractivity contribution >= 4 is 35.4 Å². The van der Waals surface area contributed by atoms with Gasteiger partial charge in [0.2, 0.25) is 11.8 Å². The van der Waals surface area contributed by atoms with Crippen molar-refractivity contribution in [2.24, 2.45) is 51.6 Å². The molecular weight excluding hydrogens is 707 g/mol. The Balaban J connectivity index is 0.00000580. The third kappa shape index (κ3) is 8.69. The maximum Gasteiger partial charge on any atom is 0.269 e. The van der Waals surface area contributed by atoms with Gasteiger partial charge >= 0.3 is 0 Å². The highest BCUT2D eigenvalue weighted by atomic mass is 32.2. The zero-order valence-electron chi connectivity index (χ0n) is 34.3. The van der Waals surface area contributed by atoms with Crippen LogP contribution in [0.4, 0.5) is 0 Å². The predicted octanol–water partition coefficient (Wildman–Crippen LogP) is 7.64. The summed E-state index contributed by atoms with van der Waals surface area (Å²) in [6.45, 7) is 14.6. The minimum absolute atomic E-state index is 0. The minimum atomic E-state index is -0.803. The van der Waals surface area contributed by atoms with Crippen LogP contribution in [0.2, 0.25) is 0 Å². The number of β-lactam (4-membered cyclic amide) rings is 1. The Kier molecular flexibility index (Phi) is 13.3. The quantitative estimate of drug-likeness (QED) is 0.0863. The van der Waals surface area contributed by atoms with E-state index in [1.54, 1.807) is 11.8 Å². The van der Waals surface area contributed by atoms with E-state index in [0.29, 0.717) is 41.8 Å². The number of thioether (sulfide) groups is 1. The van der Waals surface area contributed by atoms with Crippen molar-refractivity contribution in [2.75, 3.05) is 5.75 Å². The molecule has 4 aliphatic carbocycles. The number of carbonyl (C=O) groups is 4. The molecule has 9 nitrogen and oxygen atoms in total. The molecule has 1 saturated heterocycles. The first-order valence-corrected chi connectivity index (χ1v) is 22.2. The van der Waals surface area contributed by atoms with Crippen LogP contribution in [0.3, 0.4) is 0 Å². The number of rotatable bonds is 13. The summed E-state index contributed by atoms with van der Waals surface area (Å²) in [7, 11) is 0. The van der Waals surface area contributed by atoms with Crippen molar-refractivity contribution < 1.29 is 19.2 Å². The lowest BCUT2D eigenvalue weighted by atomic mass is 9.45. The average molecular weight is 780 g/mol. The molecule has 0 radical (unpaired) electrons. The van der Waals surface area contributed by atoms with Crippen LogP contribution in [0, 0.1) is 58.2 Å². The maximum atomic E-state index is 13.7. The van der Waals surface area contributed by atoms with Gasteiger partial charge in [0.15, 0.2) is 0 Å². The van der Waals surface area contributed by atoms with Gasteiger partial charge in [-0.15, -0.1) is 24.1 Å². The lowest BCUT2D eigenvalue weighted by molar-refractivity contribution is -0.148. The fourth-order valence-electron chi connectivity index (χ4n) is 12.0. The van der Waals surface area contributed by atoms with Crippen molar-refractivity contribution in [1.82, 2.24) is 20.9 Å². The van der Waals surface area contributed by atoms with E-state index in [4.69, 9.17) is 12.2 Å². The first-order valence-electron chi connectivity index (χ1n) is 21.2. The molecule has 10 heteroatoms. The molecule has 0 aromatic carbocycles. The van der Waals surface area contributed by atoms with Crippen LogP contribution >= 0.6 is 11.8 Å². The summed E-state index contributed by atoms with van der Waals surface area (Å²) in [5, 5.41) is 8.46. The third-order valence-electron chi connectivity index (χ3n) is 15.4. The summed E-state index contributed by atoms with van der Waals surface area (Å²) in [5.74, 6) is 6.28. The van der Waals surface area contributed by atoms with Crippen LogP contribution in [0.25, 0.3) is 0 Å². The standard InChI is InChI=1S/C44H69N5O4S.CH4/c1-9-13-33(47-40(53)41(3,4)24-25-42(5,6)45)46-37(51)36-27(2)26-54-39-35(38(52)49(36)39)48-34(50)16-12-15-29-18-20-31-30-19-17-28-14-10-11-22-43(28,7)32(30)21-23-44(29,31)8;/h1,28-33,35,39H,10-26,45H2,2-8H3,(H,46,51)(H,47,53)(H,48,50);1H4. The van der Waals surface area contributed by atoms with Gasteiger partial charge in [0.25, 0.3) is 11.8 Å². The van der Waals surface area contributed by atoms with Gasteiger partial charge in [0.05, 0.1) is 0 Å². The van der Waals surface area contributed by atoms with Crippen LogP contribution in [0.5, 0.6) is 0 Å². The van der Waals surface area contributed by atoms with Crippen molar-refractivity contribution in [3.05, 3.63) is 11.3 Å². The molecule has 4 saturated carbocycles. The minimum Gasteiger partial charge on any atom is -0.342 e. The molecule has 5 N–H and O–H groups in total. The van der Waals surface area contributed by atoms with E-state index in [1.807, 2.05) is 34.6 Å². The molecule has 55 heavy (non-hydrogen) atoms. The summed E-state index contributed by atoms with van der Waals surface area (Å²) in [6, 6.07) is -0.660. The Labute approximate surface area is 337 Å². The molecule has 10 unspecified atom stereocenters. The van der Waals surface area contributed by atoms with E-state index in [0.717, 1.165) is 42.1 Å². The molecule has 5 fully saturated rings. The van der Waals surface area contributed by atoms with Gasteiger partial charge in [-0.25, -0.2) is 0 Å². The lowest BCUT2D eigenvalue weighted by Crippen LogP contribution is -2.71. The number of nitrogens with zero attached hydrogens (tertiary/aromatic N) is 1. The third-order valence-corrected chi connectivity index (χ3v) is 16.8. The Morgan fingerprint density at radius 1 is 0.982 bits per heavy atom. The van der Waals surface area contributed by atoms with Crippen molar-refractivity contribution in [1.29, 1.82) is 0 Å². The van der Waals surface area contributed by atoms with Gasteiger partial charge in [-0.3, -0.25) is 24.1 Å². The molecule has 0 aromatic heterocycles. The molecule has 308 valence electrons. The molecule has 0 spiro atoms. The summed E-state index contributed by atoms with van der Waals surface area (Å²) < 4.78 is 0. The van der Waals surface area contributed by atoms with Gasteiger partial charge in [-0.2, -0.15) is 0 Å². The second kappa shape index (κ2) is 16.8. The largest absolute Gasteiger partial charge is 0.342 e. The molecule has 6 rings (SSSR count). The number of hydrogen-bond acceptors (Lipinski definition) is 6. The molecule has 0 bridgehead atoms. The summed E-state index contributed by atoms with van der Waals surface area (Å²) in [6.07, 6.45) is 22.4. The molecular formula is C45H73N5O4S. The van der Waals surface area contributed by atoms with Crippen molar-refractivity contribution in [3.8, 4) is 12.3 Å². The van der Waals surface area contributed by atoms with E-state index in [2.05, 4.69) is 35.7 Å². The second-order valence-electron chi connectivity index (χ2n) is 20.0. The number of amides is 4. The zero-order valence-corrected chi connectivity index (χ0v) is 35.1. The summed E-state index contributed by atoms with van der Waals surface area (Å²) >= 11 is 1.56. The first kappa shape index (κ1) is 43.6. The number of terminal acetylenes is 1. The number of nitrogens with two attached hydrogens (primary N) is 1. The van der Waals surface area contributed by atoms with Gasteiger partial charge in [0.1, 0.15) is 23.3 Å². The zero-order chi connectivity index (χ0) is 39.2. The highest BCUT2D eigenvalue weighted by Gasteiger charge is 2.59. The SMILES string of the molecule is C.C#CCC(NC(=O)C1=C(C)CSC2C(NC(=O)CCCC3CCC4C5CCC6CCCCC6(C)C5CCC34C)C(=O)N12)NC(=O)C(C)(C)CCC(C)(C)N. The van der Waals surface area contributed by atoms with Crippen molar-refractivity contribution in [2.45, 2.75) is 182 Å². The topological polar surface area (TPSA) is 134 Å². The van der Waals surface area contributed by atoms with E-state index in [1.165, 1.54) is 69.1 Å². The van der Waals surface area contributed by atoms with Gasteiger partial charge in [-0.1, -0.05) is 48.0 Å². The fraction of sp³-hybridized carbons (Fsp3) is 0.822. The van der Waals surface area contributed by atoms with E-state index >= 15 is 0 Å². The molecule has 6 aliphatic rings. The average Bonchev–Trinajstić information content (AvgIpc) is 3.45. The Bertz CT molecular complexity index is 1550. The number of nitrogens with one attached hydrogen (secondary N) is 3. The van der Waals surface area contributed by atoms with E-state index in [-0.39, 0.29) is 42.6 Å². The summed E-state index contributed by atoms with van der Waals surface area (Å²) in [4.78, 5) is 55.3. The highest BCUT2D eigenvalue weighted by Crippen LogP contribution is 2.68. The Morgan fingerprint density at radius 2 is 1.71 bits per heavy atom. The monoisotopic (exact) mass is 780 g/mol. The molecule has 0 aromatic rings. The molecule has 2 heterocycles. The number of fused-ring (bicyclic) bond motifs is 6. The fourth-order valence-corrected chi connectivity index (χ4v) is 13.3. The maximum absolute atomic E-state index is 13.7. The van der Waals surface area contributed by atoms with Crippen LogP contribution in [0.15, 0.2) is 11.3 Å². The van der Waals surface area contributed by atoms with Gasteiger partial charge in [-0.05, 0) is 144 Å². The normalized spacial score (nSPS) is 34.7. The smallest absolute Gasteiger partial charge is 0.269 e.